The second-order valence-electron chi connectivity index (χ2n) is 5.54. The molecule has 0 radical (unpaired) electrons. The molecule has 0 bridgehead atoms. The topological polar surface area (TPSA) is 93.5 Å². The number of aromatic nitrogens is 1. The highest BCUT2D eigenvalue weighted by Crippen LogP contribution is 2.23. The molecule has 0 aliphatic heterocycles. The van der Waals surface area contributed by atoms with Gasteiger partial charge >= 0.3 is 0 Å². The van der Waals surface area contributed by atoms with Gasteiger partial charge in [0.05, 0.1) is 10.7 Å². The van der Waals surface area contributed by atoms with Gasteiger partial charge in [-0.2, -0.15) is 0 Å². The Labute approximate surface area is 169 Å². The molecule has 3 aromatic rings. The third kappa shape index (κ3) is 5.08. The summed E-state index contributed by atoms with van der Waals surface area (Å²) in [6, 6.07) is 11.8. The fourth-order valence-electron chi connectivity index (χ4n) is 2.23. The number of benzene rings is 1. The predicted molar refractivity (Wildman–Crippen MR) is 108 cm³/mol. The molecule has 3 rings (SSSR count). The fraction of sp³-hybridized carbons (Fsp3) is 0.0500. The molecule has 142 valence electrons. The normalized spacial score (nSPS) is 10.6. The molecule has 0 aliphatic carbocycles. The highest BCUT2D eigenvalue weighted by molar-refractivity contribution is 9.10. The van der Waals surface area contributed by atoms with E-state index in [4.69, 9.17) is 9.15 Å². The molecule has 0 saturated heterocycles. The third-order valence-electron chi connectivity index (χ3n) is 3.58. The maximum atomic E-state index is 12.0. The van der Waals surface area contributed by atoms with Gasteiger partial charge in [0.2, 0.25) is 5.91 Å². The van der Waals surface area contributed by atoms with E-state index in [0.29, 0.717) is 22.9 Å². The van der Waals surface area contributed by atoms with Crippen molar-refractivity contribution in [3.63, 3.8) is 0 Å². The van der Waals surface area contributed by atoms with Crippen LogP contribution in [0.15, 0.2) is 69.9 Å². The van der Waals surface area contributed by atoms with Gasteiger partial charge < -0.3 is 19.8 Å². The third-order valence-corrected chi connectivity index (χ3v) is 4.23. The summed E-state index contributed by atoms with van der Waals surface area (Å²) in [6.07, 6.45) is 5.98. The number of ether oxygens (including phenoxy) is 1. The van der Waals surface area contributed by atoms with Crippen LogP contribution in [-0.4, -0.2) is 23.8 Å². The Morgan fingerprint density at radius 3 is 2.61 bits per heavy atom. The molecule has 8 heteroatoms. The minimum absolute atomic E-state index is 0.263. The first-order valence-electron chi connectivity index (χ1n) is 8.23. The van der Waals surface area contributed by atoms with Crippen molar-refractivity contribution in [1.82, 2.24) is 10.3 Å². The molecule has 1 aromatic carbocycles. The minimum Gasteiger partial charge on any atom is -0.464 e. The average molecular weight is 442 g/mol. The van der Waals surface area contributed by atoms with Crippen LogP contribution in [-0.2, 0) is 4.79 Å². The summed E-state index contributed by atoms with van der Waals surface area (Å²) in [7, 11) is 1.53. The molecule has 0 saturated carbocycles. The number of anilines is 1. The van der Waals surface area contributed by atoms with Gasteiger partial charge in [0.25, 0.3) is 5.91 Å². The van der Waals surface area contributed by atoms with Gasteiger partial charge in [0.1, 0.15) is 23.0 Å². The Bertz CT molecular complexity index is 1010. The van der Waals surface area contributed by atoms with Gasteiger partial charge in [0.15, 0.2) is 0 Å². The zero-order valence-corrected chi connectivity index (χ0v) is 16.4. The van der Waals surface area contributed by atoms with Crippen molar-refractivity contribution in [2.24, 2.45) is 0 Å². The lowest BCUT2D eigenvalue weighted by Gasteiger charge is -2.08. The number of carbonyl (C=O) groups excluding carboxylic acids is 2. The summed E-state index contributed by atoms with van der Waals surface area (Å²) < 4.78 is 11.7. The van der Waals surface area contributed by atoms with E-state index in [-0.39, 0.29) is 17.5 Å². The van der Waals surface area contributed by atoms with Crippen LogP contribution >= 0.6 is 15.9 Å². The second kappa shape index (κ2) is 9.01. The van der Waals surface area contributed by atoms with Crippen LogP contribution in [0, 0.1) is 0 Å². The molecule has 28 heavy (non-hydrogen) atoms. The molecule has 0 fully saturated rings. The van der Waals surface area contributed by atoms with E-state index in [1.165, 1.54) is 25.6 Å². The zero-order chi connectivity index (χ0) is 19.9. The van der Waals surface area contributed by atoms with E-state index in [2.05, 4.69) is 31.5 Å². The molecule has 0 aliphatic rings. The number of rotatable bonds is 6. The van der Waals surface area contributed by atoms with Crippen LogP contribution in [0.25, 0.3) is 6.08 Å². The number of pyridine rings is 1. The summed E-state index contributed by atoms with van der Waals surface area (Å²) in [5.41, 5.74) is 0.875. The lowest BCUT2D eigenvalue weighted by molar-refractivity contribution is -0.111. The number of nitrogens with zero attached hydrogens (tertiary/aromatic N) is 1. The Hall–Kier alpha value is -3.39. The summed E-state index contributed by atoms with van der Waals surface area (Å²) in [6.45, 7) is 0. The van der Waals surface area contributed by atoms with Crippen molar-refractivity contribution in [3.8, 4) is 11.5 Å². The summed E-state index contributed by atoms with van der Waals surface area (Å²) in [5.74, 6) is 1.02. The lowest BCUT2D eigenvalue weighted by Crippen LogP contribution is -2.18. The maximum absolute atomic E-state index is 12.0. The molecular formula is C20H16BrN3O4. The van der Waals surface area contributed by atoms with Gasteiger partial charge in [-0.15, -0.1) is 0 Å². The van der Waals surface area contributed by atoms with Crippen molar-refractivity contribution in [2.75, 3.05) is 12.4 Å². The van der Waals surface area contributed by atoms with Crippen molar-refractivity contribution in [2.45, 2.75) is 0 Å². The highest BCUT2D eigenvalue weighted by atomic mass is 79.9. The van der Waals surface area contributed by atoms with Crippen LogP contribution in [0.2, 0.25) is 0 Å². The Kier molecular flexibility index (Phi) is 6.23. The molecule has 2 N–H and O–H groups in total. The van der Waals surface area contributed by atoms with Crippen molar-refractivity contribution in [3.05, 3.63) is 76.9 Å². The number of furan rings is 1. The minimum atomic E-state index is -0.293. The van der Waals surface area contributed by atoms with E-state index in [0.717, 1.165) is 4.47 Å². The van der Waals surface area contributed by atoms with Crippen LogP contribution in [0.5, 0.6) is 11.5 Å². The number of halogens is 1. The van der Waals surface area contributed by atoms with E-state index < -0.39 is 0 Å². The first kappa shape index (κ1) is 19.4. The van der Waals surface area contributed by atoms with Gasteiger partial charge in [0, 0.05) is 31.1 Å². The van der Waals surface area contributed by atoms with Crippen molar-refractivity contribution < 1.29 is 18.7 Å². The monoisotopic (exact) mass is 441 g/mol. The van der Waals surface area contributed by atoms with Crippen molar-refractivity contribution >= 4 is 39.5 Å². The largest absolute Gasteiger partial charge is 0.464 e. The molecule has 0 spiro atoms. The van der Waals surface area contributed by atoms with Crippen LogP contribution in [0.3, 0.4) is 0 Å². The fourth-order valence-corrected chi connectivity index (χ4v) is 2.56. The van der Waals surface area contributed by atoms with Gasteiger partial charge in [-0.3, -0.25) is 14.6 Å². The number of amides is 2. The number of hydrogen-bond acceptors (Lipinski definition) is 5. The van der Waals surface area contributed by atoms with Crippen LogP contribution < -0.4 is 15.4 Å². The van der Waals surface area contributed by atoms with Crippen molar-refractivity contribution in [1.29, 1.82) is 0 Å². The molecular weight excluding hydrogens is 426 g/mol. The number of hydrogen-bond donors (Lipinski definition) is 2. The molecule has 2 amide bonds. The Morgan fingerprint density at radius 1 is 1.14 bits per heavy atom. The SMILES string of the molecule is CNC(=O)c1cc(Oc2ccc(NC(=O)/C=C/c3occc3Br)cc2)ccn1. The summed E-state index contributed by atoms with van der Waals surface area (Å²) in [4.78, 5) is 27.6. The first-order chi connectivity index (χ1) is 13.5. The summed E-state index contributed by atoms with van der Waals surface area (Å²) in [5, 5.41) is 5.25. The maximum Gasteiger partial charge on any atom is 0.269 e. The van der Waals surface area contributed by atoms with E-state index in [1.54, 1.807) is 48.5 Å². The van der Waals surface area contributed by atoms with E-state index >= 15 is 0 Å². The average Bonchev–Trinajstić information content (AvgIpc) is 3.12. The second-order valence-corrected chi connectivity index (χ2v) is 6.39. The number of nitrogens with one attached hydrogen (secondary N) is 2. The molecule has 2 heterocycles. The summed E-state index contributed by atoms with van der Waals surface area (Å²) >= 11 is 3.32. The lowest BCUT2D eigenvalue weighted by atomic mass is 10.3. The molecule has 0 unspecified atom stereocenters. The molecule has 2 aromatic heterocycles. The first-order valence-corrected chi connectivity index (χ1v) is 9.02. The highest BCUT2D eigenvalue weighted by Gasteiger charge is 2.07. The Morgan fingerprint density at radius 2 is 1.93 bits per heavy atom. The van der Waals surface area contributed by atoms with E-state index in [1.807, 2.05) is 0 Å². The zero-order valence-electron chi connectivity index (χ0n) is 14.8. The quantitative estimate of drug-likeness (QED) is 0.557. The smallest absolute Gasteiger partial charge is 0.269 e. The van der Waals surface area contributed by atoms with Gasteiger partial charge in [-0.25, -0.2) is 0 Å². The number of carbonyl (C=O) groups is 2. The Balaban J connectivity index is 1.60. The van der Waals surface area contributed by atoms with Crippen LogP contribution in [0.4, 0.5) is 5.69 Å². The molecule has 7 nitrogen and oxygen atoms in total. The van der Waals surface area contributed by atoms with Gasteiger partial charge in [-0.1, -0.05) is 0 Å². The van der Waals surface area contributed by atoms with Crippen LogP contribution in [0.1, 0.15) is 16.2 Å². The van der Waals surface area contributed by atoms with Gasteiger partial charge in [-0.05, 0) is 58.4 Å². The standard InChI is InChI=1S/C20H16BrN3O4/c1-22-20(26)17-12-15(8-10-23-17)28-14-4-2-13(3-5-14)24-19(25)7-6-18-16(21)9-11-27-18/h2-12H,1H3,(H,22,26)(H,24,25)/b7-6+. The predicted octanol–water partition coefficient (Wildman–Crippen LogP) is 4.24. The van der Waals surface area contributed by atoms with E-state index in [9.17, 15) is 9.59 Å². The molecule has 0 atom stereocenters.